The van der Waals surface area contributed by atoms with E-state index in [1.807, 2.05) is 0 Å². The number of phenolic OH excluding ortho intramolecular Hbond substituents is 1. The van der Waals surface area contributed by atoms with Gasteiger partial charge in [-0.15, -0.1) is 0 Å². The van der Waals surface area contributed by atoms with Gasteiger partial charge in [-0.25, -0.2) is 0 Å². The van der Waals surface area contributed by atoms with Gasteiger partial charge in [0, 0.05) is 15.7 Å². The summed E-state index contributed by atoms with van der Waals surface area (Å²) < 4.78 is 0.754. The van der Waals surface area contributed by atoms with E-state index in [1.165, 1.54) is 12.1 Å². The highest BCUT2D eigenvalue weighted by Gasteiger charge is 2.08. The smallest absolute Gasteiger partial charge is 0.255 e. The predicted molar refractivity (Wildman–Crippen MR) is 74.6 cm³/mol. The molecule has 2 aromatic rings. The average molecular weight is 307 g/mol. The fraction of sp³-hybridized carbons (Fsp3) is 0. The van der Waals surface area contributed by atoms with Crippen LogP contribution >= 0.6 is 15.9 Å². The standard InChI is InChI=1S/C13H11BrN2O2/c14-11-6-3-9(15)7-12(11)16-13(18)8-1-4-10(17)5-2-8/h1-7,17H,15H2,(H,16,18). The third kappa shape index (κ3) is 2.81. The van der Waals surface area contributed by atoms with Gasteiger partial charge in [-0.3, -0.25) is 4.79 Å². The summed E-state index contributed by atoms with van der Waals surface area (Å²) in [4.78, 5) is 11.9. The van der Waals surface area contributed by atoms with Crippen molar-refractivity contribution in [2.45, 2.75) is 0 Å². The molecule has 18 heavy (non-hydrogen) atoms. The van der Waals surface area contributed by atoms with E-state index in [2.05, 4.69) is 21.2 Å². The van der Waals surface area contributed by atoms with Crippen molar-refractivity contribution in [3.8, 4) is 5.75 Å². The molecular weight excluding hydrogens is 296 g/mol. The summed E-state index contributed by atoms with van der Waals surface area (Å²) in [6, 6.07) is 11.2. The Kier molecular flexibility index (Phi) is 3.53. The third-order valence-corrected chi connectivity index (χ3v) is 3.06. The molecule has 0 bridgehead atoms. The Morgan fingerprint density at radius 3 is 2.50 bits per heavy atom. The second-order valence-electron chi connectivity index (χ2n) is 3.74. The van der Waals surface area contributed by atoms with Gasteiger partial charge in [0.15, 0.2) is 0 Å². The number of benzene rings is 2. The van der Waals surface area contributed by atoms with E-state index in [-0.39, 0.29) is 11.7 Å². The maximum Gasteiger partial charge on any atom is 0.255 e. The summed E-state index contributed by atoms with van der Waals surface area (Å²) in [5, 5.41) is 11.9. The summed E-state index contributed by atoms with van der Waals surface area (Å²) in [6.07, 6.45) is 0. The number of hydrogen-bond acceptors (Lipinski definition) is 3. The van der Waals surface area contributed by atoms with Crippen LogP contribution in [-0.2, 0) is 0 Å². The first-order valence-electron chi connectivity index (χ1n) is 5.21. The van der Waals surface area contributed by atoms with Gasteiger partial charge in [0.05, 0.1) is 5.69 Å². The summed E-state index contributed by atoms with van der Waals surface area (Å²) in [6.45, 7) is 0. The lowest BCUT2D eigenvalue weighted by Crippen LogP contribution is -2.12. The molecule has 0 heterocycles. The molecule has 92 valence electrons. The maximum atomic E-state index is 11.9. The quantitative estimate of drug-likeness (QED) is 0.747. The molecule has 0 radical (unpaired) electrons. The van der Waals surface area contributed by atoms with Crippen LogP contribution < -0.4 is 11.1 Å². The molecule has 2 rings (SSSR count). The van der Waals surface area contributed by atoms with E-state index in [1.54, 1.807) is 30.3 Å². The highest BCUT2D eigenvalue weighted by Crippen LogP contribution is 2.25. The first-order chi connectivity index (χ1) is 8.56. The molecule has 0 aromatic heterocycles. The number of rotatable bonds is 2. The first-order valence-corrected chi connectivity index (χ1v) is 6.01. The fourth-order valence-electron chi connectivity index (χ4n) is 1.45. The van der Waals surface area contributed by atoms with Crippen LogP contribution in [0.3, 0.4) is 0 Å². The second kappa shape index (κ2) is 5.10. The van der Waals surface area contributed by atoms with Crippen molar-refractivity contribution in [3.63, 3.8) is 0 Å². The lowest BCUT2D eigenvalue weighted by Gasteiger charge is -2.08. The summed E-state index contributed by atoms with van der Waals surface area (Å²) in [5.41, 5.74) is 7.29. The Bertz CT molecular complexity index is 582. The lowest BCUT2D eigenvalue weighted by molar-refractivity contribution is 0.102. The zero-order valence-electron chi connectivity index (χ0n) is 9.35. The molecule has 0 spiro atoms. The van der Waals surface area contributed by atoms with Crippen molar-refractivity contribution in [3.05, 3.63) is 52.5 Å². The van der Waals surface area contributed by atoms with Gasteiger partial charge >= 0.3 is 0 Å². The monoisotopic (exact) mass is 306 g/mol. The van der Waals surface area contributed by atoms with Crippen LogP contribution in [0.2, 0.25) is 0 Å². The lowest BCUT2D eigenvalue weighted by atomic mass is 10.2. The van der Waals surface area contributed by atoms with Crippen molar-refractivity contribution in [2.75, 3.05) is 11.1 Å². The van der Waals surface area contributed by atoms with Crippen molar-refractivity contribution < 1.29 is 9.90 Å². The van der Waals surface area contributed by atoms with Gasteiger partial charge in [0.25, 0.3) is 5.91 Å². The number of hydrogen-bond donors (Lipinski definition) is 3. The number of amides is 1. The third-order valence-electron chi connectivity index (χ3n) is 2.37. The summed E-state index contributed by atoms with van der Waals surface area (Å²) in [7, 11) is 0. The van der Waals surface area contributed by atoms with E-state index in [0.29, 0.717) is 16.9 Å². The first kappa shape index (κ1) is 12.4. The molecule has 0 aliphatic heterocycles. The van der Waals surface area contributed by atoms with Crippen molar-refractivity contribution in [1.82, 2.24) is 0 Å². The molecule has 0 saturated heterocycles. The van der Waals surface area contributed by atoms with Gasteiger partial charge in [0.2, 0.25) is 0 Å². The molecule has 0 unspecified atom stereocenters. The molecule has 0 saturated carbocycles. The van der Waals surface area contributed by atoms with Crippen molar-refractivity contribution in [2.24, 2.45) is 0 Å². The topological polar surface area (TPSA) is 75.3 Å². The van der Waals surface area contributed by atoms with Crippen LogP contribution in [0.5, 0.6) is 5.75 Å². The number of nitrogen functional groups attached to an aromatic ring is 1. The molecule has 0 aliphatic rings. The molecule has 0 atom stereocenters. The highest BCUT2D eigenvalue weighted by atomic mass is 79.9. The van der Waals surface area contributed by atoms with Crippen molar-refractivity contribution >= 4 is 33.2 Å². The van der Waals surface area contributed by atoms with E-state index in [0.717, 1.165) is 4.47 Å². The van der Waals surface area contributed by atoms with Gasteiger partial charge in [0.1, 0.15) is 5.75 Å². The molecule has 4 N–H and O–H groups in total. The highest BCUT2D eigenvalue weighted by molar-refractivity contribution is 9.10. The van der Waals surface area contributed by atoms with E-state index in [9.17, 15) is 4.79 Å². The zero-order chi connectivity index (χ0) is 13.1. The van der Waals surface area contributed by atoms with Gasteiger partial charge < -0.3 is 16.2 Å². The Morgan fingerprint density at radius 2 is 1.83 bits per heavy atom. The Morgan fingerprint density at radius 1 is 1.17 bits per heavy atom. The van der Waals surface area contributed by atoms with Gasteiger partial charge in [-0.05, 0) is 58.4 Å². The normalized spacial score (nSPS) is 10.1. The fourth-order valence-corrected chi connectivity index (χ4v) is 1.79. The molecule has 0 fully saturated rings. The van der Waals surface area contributed by atoms with Crippen LogP contribution in [-0.4, -0.2) is 11.0 Å². The number of phenols is 1. The van der Waals surface area contributed by atoms with Crippen LogP contribution in [0.25, 0.3) is 0 Å². The molecule has 5 heteroatoms. The Balaban J connectivity index is 2.21. The van der Waals surface area contributed by atoms with Crippen LogP contribution in [0.15, 0.2) is 46.9 Å². The van der Waals surface area contributed by atoms with Crippen LogP contribution in [0.1, 0.15) is 10.4 Å². The van der Waals surface area contributed by atoms with E-state index < -0.39 is 0 Å². The summed E-state index contributed by atoms with van der Waals surface area (Å²) >= 11 is 3.33. The zero-order valence-corrected chi connectivity index (χ0v) is 10.9. The number of halogens is 1. The Labute approximate surface area is 113 Å². The SMILES string of the molecule is Nc1ccc(Br)c(NC(=O)c2ccc(O)cc2)c1. The van der Waals surface area contributed by atoms with Crippen LogP contribution in [0.4, 0.5) is 11.4 Å². The second-order valence-corrected chi connectivity index (χ2v) is 4.59. The minimum absolute atomic E-state index is 0.122. The number of carbonyl (C=O) groups excluding carboxylic acids is 1. The average Bonchev–Trinajstić information content (AvgIpc) is 2.34. The molecular formula is C13H11BrN2O2. The number of nitrogens with one attached hydrogen (secondary N) is 1. The van der Waals surface area contributed by atoms with Gasteiger partial charge in [-0.1, -0.05) is 0 Å². The predicted octanol–water partition coefficient (Wildman–Crippen LogP) is 2.99. The Hall–Kier alpha value is -2.01. The molecule has 0 aliphatic carbocycles. The summed E-state index contributed by atoms with van der Waals surface area (Å²) in [5.74, 6) is -0.141. The van der Waals surface area contributed by atoms with Crippen LogP contribution in [0, 0.1) is 0 Å². The molecule has 4 nitrogen and oxygen atoms in total. The van der Waals surface area contributed by atoms with E-state index >= 15 is 0 Å². The maximum absolute atomic E-state index is 11.9. The number of aromatic hydroxyl groups is 1. The van der Waals surface area contributed by atoms with Crippen molar-refractivity contribution in [1.29, 1.82) is 0 Å². The number of carbonyl (C=O) groups is 1. The van der Waals surface area contributed by atoms with E-state index in [4.69, 9.17) is 10.8 Å². The number of nitrogens with two attached hydrogens (primary N) is 1. The largest absolute Gasteiger partial charge is 0.508 e. The van der Waals surface area contributed by atoms with Gasteiger partial charge in [-0.2, -0.15) is 0 Å². The number of anilines is 2. The molecule has 1 amide bonds. The molecule has 2 aromatic carbocycles. The minimum Gasteiger partial charge on any atom is -0.508 e. The minimum atomic E-state index is -0.263.